The third-order valence-electron chi connectivity index (χ3n) is 0.878. The molecule has 0 bridgehead atoms. The van der Waals surface area contributed by atoms with Gasteiger partial charge in [0, 0.05) is 18.9 Å². The molecule has 0 N–H and O–H groups in total. The number of rotatable bonds is 1. The summed E-state index contributed by atoms with van der Waals surface area (Å²) in [5.74, 6) is -0.160. The van der Waals surface area contributed by atoms with Crippen LogP contribution in [0.1, 0.15) is 34.6 Å². The van der Waals surface area contributed by atoms with Gasteiger partial charge in [-0.05, 0) is 20.8 Å². The molecule has 0 aromatic rings. The molecule has 0 spiro atoms. The van der Waals surface area contributed by atoms with E-state index in [1.165, 1.54) is 0 Å². The molecule has 0 aliphatic heterocycles. The van der Waals surface area contributed by atoms with E-state index in [4.69, 9.17) is 4.74 Å². The number of carbonyl (C=O) groups excluding carboxylic acids is 1. The molecule has 0 aromatic heterocycles. The van der Waals surface area contributed by atoms with E-state index in [9.17, 15) is 4.79 Å². The van der Waals surface area contributed by atoms with Crippen molar-refractivity contribution in [3.05, 3.63) is 0 Å². The number of hydrogen-bond donors (Lipinski definition) is 0. The van der Waals surface area contributed by atoms with Crippen LogP contribution in [0.15, 0.2) is 0 Å². The van der Waals surface area contributed by atoms with Crippen LogP contribution < -0.4 is 0 Å². The normalized spacial score (nSPS) is 10.7. The molecular weight excluding hydrogens is 135 g/mol. The van der Waals surface area contributed by atoms with Crippen molar-refractivity contribution in [1.82, 2.24) is 0 Å². The van der Waals surface area contributed by atoms with Crippen LogP contribution in [0.4, 0.5) is 0 Å². The Labute approximate surface area is 80.9 Å². The van der Waals surface area contributed by atoms with E-state index in [1.807, 2.05) is 34.6 Å². The van der Waals surface area contributed by atoms with E-state index >= 15 is 0 Å². The quantitative estimate of drug-likeness (QED) is 0.420. The van der Waals surface area contributed by atoms with E-state index in [2.05, 4.69) is 0 Å². The second-order valence-electron chi connectivity index (χ2n) is 3.69. The Kier molecular flexibility index (Phi) is 6.01. The van der Waals surface area contributed by atoms with Crippen molar-refractivity contribution in [2.24, 2.45) is 5.92 Å². The van der Waals surface area contributed by atoms with Gasteiger partial charge in [-0.15, -0.1) is 0 Å². The van der Waals surface area contributed by atoms with Gasteiger partial charge in [-0.2, -0.15) is 0 Å². The van der Waals surface area contributed by atoms with Gasteiger partial charge in [0.15, 0.2) is 0 Å². The second-order valence-corrected chi connectivity index (χ2v) is 3.69. The Morgan fingerprint density at radius 3 is 1.73 bits per heavy atom. The van der Waals surface area contributed by atoms with Crippen LogP contribution in [0.2, 0.25) is 0 Å². The summed E-state index contributed by atoms with van der Waals surface area (Å²) in [7, 11) is 0. The first-order chi connectivity index (χ1) is 4.33. The van der Waals surface area contributed by atoms with Gasteiger partial charge < -0.3 is 4.74 Å². The molecule has 0 aliphatic carbocycles. The second kappa shape index (κ2) is 4.85. The van der Waals surface area contributed by atoms with E-state index in [0.29, 0.717) is 0 Å². The molecule has 0 atom stereocenters. The van der Waals surface area contributed by atoms with Crippen LogP contribution in [0.5, 0.6) is 0 Å². The maximum absolute atomic E-state index is 10.9. The third kappa shape index (κ3) is 7.97. The van der Waals surface area contributed by atoms with Gasteiger partial charge in [0.05, 0.1) is 5.92 Å². The van der Waals surface area contributed by atoms with E-state index in [0.717, 1.165) is 0 Å². The van der Waals surface area contributed by atoms with Crippen LogP contribution >= 0.6 is 0 Å². The Balaban J connectivity index is 0. The maximum atomic E-state index is 10.9. The SMILES string of the molecule is CC(C)C(=O)OC(C)(C)C.[Li]. The molecule has 0 saturated carbocycles. The molecule has 0 rings (SSSR count). The fourth-order valence-electron chi connectivity index (χ4n) is 0.420. The van der Waals surface area contributed by atoms with Crippen molar-refractivity contribution in [3.8, 4) is 0 Å². The number of esters is 1. The van der Waals surface area contributed by atoms with Crippen molar-refractivity contribution in [2.75, 3.05) is 0 Å². The molecule has 0 aromatic carbocycles. The molecular formula is C8H16LiO2. The van der Waals surface area contributed by atoms with E-state index < -0.39 is 0 Å². The monoisotopic (exact) mass is 151 g/mol. The van der Waals surface area contributed by atoms with Crippen LogP contribution in [0.25, 0.3) is 0 Å². The fourth-order valence-corrected chi connectivity index (χ4v) is 0.420. The number of hydrogen-bond acceptors (Lipinski definition) is 2. The summed E-state index contributed by atoms with van der Waals surface area (Å²) in [5, 5.41) is 0. The van der Waals surface area contributed by atoms with Crippen LogP contribution in [0, 0.1) is 5.92 Å². The summed E-state index contributed by atoms with van der Waals surface area (Å²) in [6.45, 7) is 9.26. The number of ether oxygens (including phenoxy) is 1. The van der Waals surface area contributed by atoms with Crippen LogP contribution in [-0.2, 0) is 9.53 Å². The summed E-state index contributed by atoms with van der Waals surface area (Å²) < 4.78 is 5.06. The molecule has 0 heterocycles. The van der Waals surface area contributed by atoms with Gasteiger partial charge in [-0.1, -0.05) is 13.8 Å². The van der Waals surface area contributed by atoms with Crippen molar-refractivity contribution < 1.29 is 9.53 Å². The minimum atomic E-state index is -0.346. The first-order valence-electron chi connectivity index (χ1n) is 3.56. The molecule has 1 radical (unpaired) electrons. The van der Waals surface area contributed by atoms with Gasteiger partial charge in [0.25, 0.3) is 0 Å². The average Bonchev–Trinajstić information content (AvgIpc) is 1.60. The van der Waals surface area contributed by atoms with Crippen molar-refractivity contribution in [2.45, 2.75) is 40.2 Å². The van der Waals surface area contributed by atoms with Crippen molar-refractivity contribution in [3.63, 3.8) is 0 Å². The Morgan fingerprint density at radius 1 is 1.27 bits per heavy atom. The zero-order valence-corrected chi connectivity index (χ0v) is 8.39. The molecule has 0 saturated heterocycles. The summed E-state index contributed by atoms with van der Waals surface area (Å²) >= 11 is 0. The number of carbonyl (C=O) groups is 1. The summed E-state index contributed by atoms with van der Waals surface area (Å²) in [4.78, 5) is 10.9. The molecule has 0 aliphatic rings. The van der Waals surface area contributed by atoms with Crippen LogP contribution in [0.3, 0.4) is 0 Å². The average molecular weight is 151 g/mol. The molecule has 0 unspecified atom stereocenters. The minimum absolute atomic E-state index is 0. The maximum Gasteiger partial charge on any atom is 0.308 e. The smallest absolute Gasteiger partial charge is 0.308 e. The Hall–Kier alpha value is 0.0674. The first kappa shape index (κ1) is 13.6. The molecule has 3 heteroatoms. The predicted octanol–water partition coefficient (Wildman–Crippen LogP) is 1.60. The third-order valence-corrected chi connectivity index (χ3v) is 0.878. The van der Waals surface area contributed by atoms with Gasteiger partial charge in [-0.25, -0.2) is 0 Å². The molecule has 2 nitrogen and oxygen atoms in total. The van der Waals surface area contributed by atoms with Crippen molar-refractivity contribution >= 4 is 24.8 Å². The van der Waals surface area contributed by atoms with Crippen LogP contribution in [-0.4, -0.2) is 30.4 Å². The Bertz CT molecular complexity index is 125. The van der Waals surface area contributed by atoms with Gasteiger partial charge in [0.2, 0.25) is 0 Å². The standard InChI is InChI=1S/C8H16O2.Li/c1-6(2)7(9)10-8(3,4)5;/h6H,1-5H3;. The van der Waals surface area contributed by atoms with Crippen molar-refractivity contribution in [1.29, 1.82) is 0 Å². The summed E-state index contributed by atoms with van der Waals surface area (Å²) in [6.07, 6.45) is 0. The summed E-state index contributed by atoms with van der Waals surface area (Å²) in [5.41, 5.74) is -0.346. The van der Waals surface area contributed by atoms with Gasteiger partial charge in [0.1, 0.15) is 5.60 Å². The predicted molar refractivity (Wildman–Crippen MR) is 46.4 cm³/mol. The first-order valence-corrected chi connectivity index (χ1v) is 3.56. The topological polar surface area (TPSA) is 26.3 Å². The molecule has 0 amide bonds. The Morgan fingerprint density at radius 2 is 1.64 bits per heavy atom. The van der Waals surface area contributed by atoms with Gasteiger partial charge in [-0.3, -0.25) is 4.79 Å². The fraction of sp³-hybridized carbons (Fsp3) is 0.875. The molecule has 0 fully saturated rings. The zero-order valence-electron chi connectivity index (χ0n) is 8.39. The van der Waals surface area contributed by atoms with E-state index in [1.54, 1.807) is 0 Å². The van der Waals surface area contributed by atoms with E-state index in [-0.39, 0.29) is 36.3 Å². The largest absolute Gasteiger partial charge is 0.460 e. The molecule has 11 heavy (non-hydrogen) atoms. The summed E-state index contributed by atoms with van der Waals surface area (Å²) in [6, 6.07) is 0. The molecule has 61 valence electrons. The minimum Gasteiger partial charge on any atom is -0.460 e. The van der Waals surface area contributed by atoms with Gasteiger partial charge >= 0.3 is 5.97 Å². The zero-order chi connectivity index (χ0) is 8.36.